The molecule has 0 unspecified atom stereocenters. The van der Waals surface area contributed by atoms with Gasteiger partial charge < -0.3 is 10.1 Å². The maximum absolute atomic E-state index is 12.1. The molecule has 0 radical (unpaired) electrons. The summed E-state index contributed by atoms with van der Waals surface area (Å²) in [7, 11) is -3.57. The van der Waals surface area contributed by atoms with Crippen LogP contribution in [0.2, 0.25) is 0 Å². The van der Waals surface area contributed by atoms with Crippen LogP contribution in [0.25, 0.3) is 0 Å². The Morgan fingerprint density at radius 1 is 1.19 bits per heavy atom. The molecule has 1 fully saturated rings. The van der Waals surface area contributed by atoms with E-state index >= 15 is 0 Å². The third-order valence-corrected chi connectivity index (χ3v) is 5.80. The maximum atomic E-state index is 12.1. The molecule has 0 bridgehead atoms. The van der Waals surface area contributed by atoms with E-state index in [0.717, 1.165) is 19.3 Å². The third-order valence-electron chi connectivity index (χ3n) is 4.36. The van der Waals surface area contributed by atoms with Gasteiger partial charge in [-0.05, 0) is 43.5 Å². The molecule has 1 amide bonds. The van der Waals surface area contributed by atoms with Gasteiger partial charge in [0.1, 0.15) is 0 Å². The van der Waals surface area contributed by atoms with E-state index < -0.39 is 10.0 Å². The molecule has 0 saturated heterocycles. The smallest absolute Gasteiger partial charge is 0.251 e. The highest BCUT2D eigenvalue weighted by molar-refractivity contribution is 7.89. The van der Waals surface area contributed by atoms with Crippen LogP contribution in [0.1, 0.15) is 48.9 Å². The minimum Gasteiger partial charge on any atom is -0.378 e. The first-order chi connectivity index (χ1) is 12.5. The quantitative estimate of drug-likeness (QED) is 0.483. The minimum atomic E-state index is -3.57. The summed E-state index contributed by atoms with van der Waals surface area (Å²) in [5.41, 5.74) is 0.431. The van der Waals surface area contributed by atoms with Gasteiger partial charge in [0.2, 0.25) is 10.0 Å². The van der Waals surface area contributed by atoms with E-state index in [9.17, 15) is 13.2 Å². The van der Waals surface area contributed by atoms with Crippen LogP contribution in [-0.4, -0.2) is 40.1 Å². The summed E-state index contributed by atoms with van der Waals surface area (Å²) in [6, 6.07) is 5.87. The van der Waals surface area contributed by atoms with Gasteiger partial charge >= 0.3 is 0 Å². The molecule has 0 atom stereocenters. The molecule has 1 saturated carbocycles. The summed E-state index contributed by atoms with van der Waals surface area (Å²) in [6.45, 7) is 4.82. The van der Waals surface area contributed by atoms with Crippen molar-refractivity contribution in [3.63, 3.8) is 0 Å². The summed E-state index contributed by atoms with van der Waals surface area (Å²) in [5, 5.41) is 2.83. The number of nitrogens with one attached hydrogen (secondary N) is 2. The van der Waals surface area contributed by atoms with Crippen LogP contribution in [0, 0.1) is 0 Å². The summed E-state index contributed by atoms with van der Waals surface area (Å²) < 4.78 is 32.2. The lowest BCUT2D eigenvalue weighted by molar-refractivity contribution is 0.0273. The van der Waals surface area contributed by atoms with Crippen molar-refractivity contribution in [1.29, 1.82) is 0 Å². The molecule has 0 spiro atoms. The van der Waals surface area contributed by atoms with E-state index in [4.69, 9.17) is 4.74 Å². The number of hydrogen-bond acceptors (Lipinski definition) is 4. The Balaban J connectivity index is 1.72. The molecule has 7 heteroatoms. The van der Waals surface area contributed by atoms with Crippen molar-refractivity contribution >= 4 is 15.9 Å². The van der Waals surface area contributed by atoms with Gasteiger partial charge in [0, 0.05) is 25.3 Å². The van der Waals surface area contributed by atoms with Crippen LogP contribution in [-0.2, 0) is 14.8 Å². The zero-order valence-corrected chi connectivity index (χ0v) is 15.9. The highest BCUT2D eigenvalue weighted by Gasteiger charge is 2.14. The molecular weight excluding hydrogens is 352 g/mol. The molecule has 0 heterocycles. The minimum absolute atomic E-state index is 0.122. The largest absolute Gasteiger partial charge is 0.378 e. The van der Waals surface area contributed by atoms with Crippen molar-refractivity contribution in [1.82, 2.24) is 10.0 Å². The summed E-state index contributed by atoms with van der Waals surface area (Å²) >= 11 is 0. The molecule has 1 aromatic carbocycles. The lowest BCUT2D eigenvalue weighted by Crippen LogP contribution is -2.26. The van der Waals surface area contributed by atoms with Crippen molar-refractivity contribution in [2.45, 2.75) is 49.5 Å². The van der Waals surface area contributed by atoms with Gasteiger partial charge in [-0.1, -0.05) is 25.3 Å². The maximum Gasteiger partial charge on any atom is 0.251 e. The number of hydrogen-bond donors (Lipinski definition) is 2. The van der Waals surface area contributed by atoms with Gasteiger partial charge in [-0.25, -0.2) is 13.1 Å². The average Bonchev–Trinajstić information content (AvgIpc) is 2.67. The van der Waals surface area contributed by atoms with E-state index in [1.54, 1.807) is 0 Å². The molecule has 2 rings (SSSR count). The van der Waals surface area contributed by atoms with Crippen molar-refractivity contribution < 1.29 is 17.9 Å². The van der Waals surface area contributed by atoms with Crippen LogP contribution >= 0.6 is 0 Å². The van der Waals surface area contributed by atoms with Crippen LogP contribution in [0.3, 0.4) is 0 Å². The van der Waals surface area contributed by atoms with Gasteiger partial charge in [0.15, 0.2) is 0 Å². The normalized spacial score (nSPS) is 15.5. The molecule has 6 nitrogen and oxygen atoms in total. The predicted molar refractivity (Wildman–Crippen MR) is 102 cm³/mol. The Hall–Kier alpha value is -1.70. The van der Waals surface area contributed by atoms with Gasteiger partial charge in [0.25, 0.3) is 5.91 Å². The van der Waals surface area contributed by atoms with Gasteiger partial charge in [0.05, 0.1) is 11.0 Å². The fourth-order valence-corrected chi connectivity index (χ4v) is 3.89. The molecular formula is C19H28N2O4S. The number of sulfonamides is 1. The first-order valence-corrected chi connectivity index (χ1v) is 10.6. The van der Waals surface area contributed by atoms with Crippen LogP contribution in [0.5, 0.6) is 0 Å². The number of amides is 1. The van der Waals surface area contributed by atoms with Crippen molar-refractivity contribution in [3.8, 4) is 0 Å². The highest BCUT2D eigenvalue weighted by atomic mass is 32.2. The summed E-state index contributed by atoms with van der Waals surface area (Å²) in [5.74, 6) is -0.217. The van der Waals surface area contributed by atoms with Gasteiger partial charge in [-0.2, -0.15) is 0 Å². The van der Waals surface area contributed by atoms with E-state index in [1.807, 2.05) is 0 Å². The molecule has 2 N–H and O–H groups in total. The number of carbonyl (C=O) groups is 1. The first kappa shape index (κ1) is 20.6. The van der Waals surface area contributed by atoms with Gasteiger partial charge in [-0.3, -0.25) is 4.79 Å². The molecule has 1 aliphatic rings. The predicted octanol–water partition coefficient (Wildman–Crippen LogP) is 2.62. The Labute approximate surface area is 156 Å². The number of carbonyl (C=O) groups excluding carboxylic acids is 1. The zero-order valence-electron chi connectivity index (χ0n) is 15.1. The topological polar surface area (TPSA) is 84.5 Å². The second-order valence-electron chi connectivity index (χ2n) is 6.41. The van der Waals surface area contributed by atoms with E-state index in [1.165, 1.54) is 49.6 Å². The summed E-state index contributed by atoms with van der Waals surface area (Å²) in [6.07, 6.45) is 8.69. The Morgan fingerprint density at radius 3 is 2.54 bits per heavy atom. The van der Waals surface area contributed by atoms with E-state index in [2.05, 4.69) is 16.6 Å². The Morgan fingerprint density at radius 2 is 1.88 bits per heavy atom. The Bertz CT molecular complexity index is 680. The number of benzene rings is 1. The molecule has 0 aromatic heterocycles. The van der Waals surface area contributed by atoms with Crippen LogP contribution < -0.4 is 10.0 Å². The monoisotopic (exact) mass is 380 g/mol. The molecule has 1 aliphatic carbocycles. The lowest BCUT2D eigenvalue weighted by Gasteiger charge is -2.21. The van der Waals surface area contributed by atoms with Crippen LogP contribution in [0.15, 0.2) is 41.8 Å². The fourth-order valence-electron chi connectivity index (χ4n) is 2.90. The standard InChI is InChI=1S/C19H28N2O4S/c1-2-13-21-26(23,24)18-11-9-16(10-12-18)19(22)20-14-6-15-25-17-7-4-3-5-8-17/h2,9-12,17,21H,1,3-8,13-15H2,(H,20,22). The van der Waals surface area contributed by atoms with Gasteiger partial charge in [-0.15, -0.1) is 6.58 Å². The Kier molecular flexibility index (Phi) is 8.28. The second-order valence-corrected chi connectivity index (χ2v) is 8.17. The van der Waals surface area contributed by atoms with E-state index in [0.29, 0.717) is 24.8 Å². The van der Waals surface area contributed by atoms with Crippen molar-refractivity contribution in [3.05, 3.63) is 42.5 Å². The molecule has 1 aromatic rings. The average molecular weight is 381 g/mol. The fraction of sp³-hybridized carbons (Fsp3) is 0.526. The lowest BCUT2D eigenvalue weighted by atomic mass is 9.98. The third kappa shape index (κ3) is 6.55. The van der Waals surface area contributed by atoms with Crippen molar-refractivity contribution in [2.24, 2.45) is 0 Å². The molecule has 144 valence electrons. The molecule has 0 aliphatic heterocycles. The zero-order chi connectivity index (χ0) is 18.8. The summed E-state index contributed by atoms with van der Waals surface area (Å²) in [4.78, 5) is 12.2. The SMILES string of the molecule is C=CCNS(=O)(=O)c1ccc(C(=O)NCCCOC2CCCCC2)cc1. The number of rotatable bonds is 10. The van der Waals surface area contributed by atoms with Crippen molar-refractivity contribution in [2.75, 3.05) is 19.7 Å². The molecule has 26 heavy (non-hydrogen) atoms. The first-order valence-electron chi connectivity index (χ1n) is 9.13. The van der Waals surface area contributed by atoms with E-state index in [-0.39, 0.29) is 17.3 Å². The highest BCUT2D eigenvalue weighted by Crippen LogP contribution is 2.20. The number of ether oxygens (including phenoxy) is 1. The van der Waals surface area contributed by atoms with Crippen LogP contribution in [0.4, 0.5) is 0 Å². The second kappa shape index (κ2) is 10.4.